The van der Waals surface area contributed by atoms with Crippen LogP contribution in [0.1, 0.15) is 39.4 Å². The number of nitrogens with one attached hydrogen (secondary N) is 1. The standard InChI is InChI=1S/C34H35N3O6/c1-41-30-12-9-24-19-31(30)42-16-5-15-36(33(39)13-8-23-6-3-2-4-7-23)22-32(38)35-28-21-37(20-27(24)28)34(40)26-10-11-29-25(18-26)14-17-43-29/h2-4,6-13,18-19,27-28H,5,14-17,20-22H2,1H3,(H,35,38)/b13-8+/t27-,28+/m1/s1. The fourth-order valence-electron chi connectivity index (χ4n) is 5.96. The maximum absolute atomic E-state index is 13.7. The highest BCUT2D eigenvalue weighted by molar-refractivity contribution is 5.96. The molecular weight excluding hydrogens is 546 g/mol. The SMILES string of the molecule is COc1ccc2cc1OCCCN(C(=O)/C=C/c1ccccc1)CC(=O)N[C@H]1CN(C(=O)c3ccc4c(c3)CCO4)C[C@H]21. The minimum absolute atomic E-state index is 0.0922. The molecule has 1 fully saturated rings. The molecular formula is C34H35N3O6. The third-order valence-corrected chi connectivity index (χ3v) is 8.20. The molecule has 0 radical (unpaired) electrons. The zero-order chi connectivity index (χ0) is 29.8. The average molecular weight is 582 g/mol. The van der Waals surface area contributed by atoms with Gasteiger partial charge in [0, 0.05) is 43.6 Å². The summed E-state index contributed by atoms with van der Waals surface area (Å²) >= 11 is 0. The number of ether oxygens (including phenoxy) is 3. The fraction of sp³-hybridized carbons (Fsp3) is 0.324. The summed E-state index contributed by atoms with van der Waals surface area (Å²) in [5.74, 6) is 1.22. The molecule has 2 atom stereocenters. The second-order valence-corrected chi connectivity index (χ2v) is 11.0. The molecule has 3 amide bonds. The number of benzene rings is 3. The number of fused-ring (bicyclic) bond motifs is 5. The van der Waals surface area contributed by atoms with Crippen LogP contribution in [0, 0.1) is 0 Å². The Labute approximate surface area is 251 Å². The van der Waals surface area contributed by atoms with Crippen LogP contribution in [-0.2, 0) is 16.0 Å². The van der Waals surface area contributed by atoms with E-state index in [4.69, 9.17) is 14.2 Å². The normalized spacial score (nSPS) is 20.1. The number of methoxy groups -OCH3 is 1. The van der Waals surface area contributed by atoms with Gasteiger partial charge in [-0.2, -0.15) is 0 Å². The molecule has 6 rings (SSSR count). The van der Waals surface area contributed by atoms with Crippen LogP contribution in [0.15, 0.2) is 72.8 Å². The van der Waals surface area contributed by atoms with Crippen molar-refractivity contribution < 1.29 is 28.6 Å². The minimum Gasteiger partial charge on any atom is -0.493 e. The van der Waals surface area contributed by atoms with Gasteiger partial charge in [-0.3, -0.25) is 14.4 Å². The quantitative estimate of drug-likeness (QED) is 0.473. The van der Waals surface area contributed by atoms with Gasteiger partial charge in [0.15, 0.2) is 11.5 Å². The van der Waals surface area contributed by atoms with Gasteiger partial charge in [-0.15, -0.1) is 0 Å². The van der Waals surface area contributed by atoms with Gasteiger partial charge in [0.05, 0.1) is 32.9 Å². The predicted molar refractivity (Wildman–Crippen MR) is 161 cm³/mol. The molecule has 0 aromatic heterocycles. The highest BCUT2D eigenvalue weighted by Gasteiger charge is 2.38. The zero-order valence-electron chi connectivity index (χ0n) is 24.2. The Morgan fingerprint density at radius 1 is 0.953 bits per heavy atom. The van der Waals surface area contributed by atoms with Gasteiger partial charge >= 0.3 is 0 Å². The van der Waals surface area contributed by atoms with E-state index in [1.807, 2.05) is 60.7 Å². The zero-order valence-corrected chi connectivity index (χ0v) is 24.2. The van der Waals surface area contributed by atoms with E-state index in [1.54, 1.807) is 24.2 Å². The van der Waals surface area contributed by atoms with Gasteiger partial charge in [0.2, 0.25) is 11.8 Å². The molecule has 2 bridgehead atoms. The molecule has 1 saturated heterocycles. The molecule has 0 spiro atoms. The molecule has 3 aromatic carbocycles. The van der Waals surface area contributed by atoms with Crippen molar-refractivity contribution in [2.45, 2.75) is 24.8 Å². The lowest BCUT2D eigenvalue weighted by atomic mass is 9.94. The van der Waals surface area contributed by atoms with Crippen LogP contribution >= 0.6 is 0 Å². The highest BCUT2D eigenvalue weighted by Crippen LogP contribution is 2.36. The molecule has 3 heterocycles. The summed E-state index contributed by atoms with van der Waals surface area (Å²) in [4.78, 5) is 43.6. The van der Waals surface area contributed by atoms with Crippen molar-refractivity contribution in [1.29, 1.82) is 0 Å². The van der Waals surface area contributed by atoms with E-state index in [1.165, 1.54) is 11.0 Å². The van der Waals surface area contributed by atoms with Crippen LogP contribution in [-0.4, -0.2) is 80.1 Å². The Balaban J connectivity index is 1.25. The van der Waals surface area contributed by atoms with Gasteiger partial charge in [-0.25, -0.2) is 0 Å². The van der Waals surface area contributed by atoms with Crippen molar-refractivity contribution in [3.63, 3.8) is 0 Å². The first-order valence-electron chi connectivity index (χ1n) is 14.7. The molecule has 3 aliphatic heterocycles. The molecule has 3 aromatic rings. The van der Waals surface area contributed by atoms with Crippen molar-refractivity contribution in [3.8, 4) is 17.2 Å². The molecule has 3 aliphatic rings. The lowest BCUT2D eigenvalue weighted by molar-refractivity contribution is -0.132. The highest BCUT2D eigenvalue weighted by atomic mass is 16.5. The molecule has 9 nitrogen and oxygen atoms in total. The van der Waals surface area contributed by atoms with E-state index >= 15 is 0 Å². The summed E-state index contributed by atoms with van der Waals surface area (Å²) in [6.45, 7) is 1.97. The smallest absolute Gasteiger partial charge is 0.253 e. The predicted octanol–water partition coefficient (Wildman–Crippen LogP) is 3.68. The summed E-state index contributed by atoms with van der Waals surface area (Å²) in [6.07, 6.45) is 4.55. The van der Waals surface area contributed by atoms with E-state index in [0.29, 0.717) is 56.3 Å². The van der Waals surface area contributed by atoms with E-state index in [9.17, 15) is 14.4 Å². The largest absolute Gasteiger partial charge is 0.493 e. The summed E-state index contributed by atoms with van der Waals surface area (Å²) in [7, 11) is 1.59. The minimum atomic E-state index is -0.354. The number of amides is 3. The maximum atomic E-state index is 13.7. The number of likely N-dealkylation sites (tertiary alicyclic amines) is 1. The van der Waals surface area contributed by atoms with Crippen LogP contribution in [0.2, 0.25) is 0 Å². The Kier molecular flexibility index (Phi) is 8.31. The van der Waals surface area contributed by atoms with Crippen molar-refractivity contribution >= 4 is 23.8 Å². The molecule has 0 saturated carbocycles. The van der Waals surface area contributed by atoms with Crippen LogP contribution in [0.3, 0.4) is 0 Å². The lowest BCUT2D eigenvalue weighted by Crippen LogP contribution is -2.46. The molecule has 0 aliphatic carbocycles. The van der Waals surface area contributed by atoms with E-state index < -0.39 is 0 Å². The van der Waals surface area contributed by atoms with E-state index in [0.717, 1.165) is 28.9 Å². The Morgan fingerprint density at radius 2 is 1.79 bits per heavy atom. The first-order valence-corrected chi connectivity index (χ1v) is 14.7. The number of carbonyl (C=O) groups excluding carboxylic acids is 3. The second-order valence-electron chi connectivity index (χ2n) is 11.0. The van der Waals surface area contributed by atoms with Gasteiger partial charge in [-0.1, -0.05) is 36.4 Å². The third kappa shape index (κ3) is 6.35. The number of hydrogen-bond donors (Lipinski definition) is 1. The molecule has 43 heavy (non-hydrogen) atoms. The summed E-state index contributed by atoms with van der Waals surface area (Å²) in [5.41, 5.74) is 3.47. The van der Waals surface area contributed by atoms with Crippen molar-refractivity contribution in [2.75, 3.05) is 46.5 Å². The monoisotopic (exact) mass is 581 g/mol. The average Bonchev–Trinajstić information content (AvgIpc) is 3.68. The summed E-state index contributed by atoms with van der Waals surface area (Å²) in [5, 5.41) is 3.15. The van der Waals surface area contributed by atoms with E-state index in [2.05, 4.69) is 5.32 Å². The topological polar surface area (TPSA) is 97.4 Å². The van der Waals surface area contributed by atoms with Gasteiger partial charge in [-0.05, 0) is 59.5 Å². The van der Waals surface area contributed by atoms with Crippen LogP contribution < -0.4 is 19.5 Å². The molecule has 222 valence electrons. The Bertz CT molecular complexity index is 1540. The second kappa shape index (κ2) is 12.6. The van der Waals surface area contributed by atoms with Gasteiger partial charge in [0.25, 0.3) is 5.91 Å². The van der Waals surface area contributed by atoms with E-state index in [-0.39, 0.29) is 36.2 Å². The molecule has 9 heteroatoms. The Morgan fingerprint density at radius 3 is 2.63 bits per heavy atom. The number of hydrogen-bond acceptors (Lipinski definition) is 6. The third-order valence-electron chi connectivity index (χ3n) is 8.20. The molecule has 1 N–H and O–H groups in total. The van der Waals surface area contributed by atoms with Crippen LogP contribution in [0.4, 0.5) is 0 Å². The summed E-state index contributed by atoms with van der Waals surface area (Å²) in [6, 6.07) is 20.5. The van der Waals surface area contributed by atoms with Gasteiger partial charge in [0.1, 0.15) is 5.75 Å². The fourth-order valence-corrected chi connectivity index (χ4v) is 5.96. The number of rotatable bonds is 4. The summed E-state index contributed by atoms with van der Waals surface area (Å²) < 4.78 is 17.3. The number of carbonyl (C=O) groups is 3. The first kappa shape index (κ1) is 28.3. The van der Waals surface area contributed by atoms with Crippen molar-refractivity contribution in [3.05, 3.63) is 95.1 Å². The maximum Gasteiger partial charge on any atom is 0.253 e. The van der Waals surface area contributed by atoms with Crippen molar-refractivity contribution in [1.82, 2.24) is 15.1 Å². The van der Waals surface area contributed by atoms with Gasteiger partial charge < -0.3 is 29.3 Å². The lowest BCUT2D eigenvalue weighted by Gasteiger charge is -2.24. The first-order chi connectivity index (χ1) is 21.0. The van der Waals surface area contributed by atoms with Crippen LogP contribution in [0.25, 0.3) is 6.08 Å². The Hall–Kier alpha value is -4.79. The number of nitrogens with zero attached hydrogens (tertiary/aromatic N) is 2. The molecule has 0 unspecified atom stereocenters. The van der Waals surface area contributed by atoms with Crippen LogP contribution in [0.5, 0.6) is 17.2 Å². The van der Waals surface area contributed by atoms with Crippen molar-refractivity contribution in [2.24, 2.45) is 0 Å².